The molecule has 0 bridgehead atoms. The van der Waals surface area contributed by atoms with Crippen LogP contribution >= 0.6 is 11.3 Å². The highest BCUT2D eigenvalue weighted by atomic mass is 32.1. The van der Waals surface area contributed by atoms with Gasteiger partial charge in [0.05, 0.1) is 11.5 Å². The maximum Gasteiger partial charge on any atom is 0.262 e. The molecule has 0 saturated heterocycles. The highest BCUT2D eigenvalue weighted by Gasteiger charge is 2.19. The second kappa shape index (κ2) is 5.84. The zero-order valence-electron chi connectivity index (χ0n) is 10.3. The van der Waals surface area contributed by atoms with Gasteiger partial charge in [0.15, 0.2) is 0 Å². The Morgan fingerprint density at radius 2 is 2.33 bits per heavy atom. The molecule has 2 aromatic rings. The number of nitrogens with one attached hydrogen (secondary N) is 1. The van der Waals surface area contributed by atoms with Crippen LogP contribution in [-0.4, -0.2) is 19.6 Å². The Balaban J connectivity index is 2.09. The van der Waals surface area contributed by atoms with E-state index in [4.69, 9.17) is 9.15 Å². The maximum atomic E-state index is 12.0. The van der Waals surface area contributed by atoms with Crippen molar-refractivity contribution >= 4 is 17.2 Å². The van der Waals surface area contributed by atoms with Crippen LogP contribution in [0, 0.1) is 6.92 Å². The second-order valence-electron chi connectivity index (χ2n) is 3.91. The minimum atomic E-state index is -0.265. The van der Waals surface area contributed by atoms with Crippen LogP contribution in [0.2, 0.25) is 0 Å². The molecule has 0 unspecified atom stereocenters. The van der Waals surface area contributed by atoms with Crippen LogP contribution in [0.25, 0.3) is 0 Å². The van der Waals surface area contributed by atoms with E-state index >= 15 is 0 Å². The van der Waals surface area contributed by atoms with E-state index in [-0.39, 0.29) is 11.9 Å². The Bertz CT molecular complexity index is 504. The Morgan fingerprint density at radius 1 is 1.50 bits per heavy atom. The van der Waals surface area contributed by atoms with E-state index in [0.717, 1.165) is 5.76 Å². The number of carbonyl (C=O) groups is 1. The van der Waals surface area contributed by atoms with Gasteiger partial charge in [-0.25, -0.2) is 0 Å². The largest absolute Gasteiger partial charge is 0.464 e. The smallest absolute Gasteiger partial charge is 0.262 e. The van der Waals surface area contributed by atoms with Crippen molar-refractivity contribution in [2.45, 2.75) is 13.0 Å². The van der Waals surface area contributed by atoms with Gasteiger partial charge in [-0.15, -0.1) is 11.3 Å². The Morgan fingerprint density at radius 3 is 2.89 bits per heavy atom. The molecular formula is C13H15NO3S. The number of furan rings is 1. The second-order valence-corrected chi connectivity index (χ2v) is 4.85. The van der Waals surface area contributed by atoms with Crippen molar-refractivity contribution in [1.29, 1.82) is 0 Å². The maximum absolute atomic E-state index is 12.0. The number of rotatable bonds is 5. The molecule has 0 fully saturated rings. The predicted molar refractivity (Wildman–Crippen MR) is 69.8 cm³/mol. The summed E-state index contributed by atoms with van der Waals surface area (Å²) in [7, 11) is 1.60. The third-order valence-corrected chi connectivity index (χ3v) is 3.36. The molecule has 0 aliphatic heterocycles. The van der Waals surface area contributed by atoms with E-state index in [1.165, 1.54) is 11.3 Å². The number of hydrogen-bond donors (Lipinski definition) is 1. The molecule has 2 aromatic heterocycles. The van der Waals surface area contributed by atoms with E-state index in [2.05, 4.69) is 5.32 Å². The lowest BCUT2D eigenvalue weighted by Crippen LogP contribution is -2.30. The van der Waals surface area contributed by atoms with Gasteiger partial charge >= 0.3 is 0 Å². The molecule has 0 aliphatic rings. The van der Waals surface area contributed by atoms with Crippen molar-refractivity contribution in [2.24, 2.45) is 0 Å². The number of amides is 1. The van der Waals surface area contributed by atoms with Gasteiger partial charge in [-0.3, -0.25) is 4.79 Å². The molecule has 5 heteroatoms. The Hall–Kier alpha value is -1.59. The monoisotopic (exact) mass is 265 g/mol. The SMILES string of the molecule is COC[C@@H](NC(=O)c1cccs1)c1ccc(C)o1. The highest BCUT2D eigenvalue weighted by molar-refractivity contribution is 7.12. The molecule has 1 atom stereocenters. The van der Waals surface area contributed by atoms with Gasteiger partial charge in [0.1, 0.15) is 17.6 Å². The summed E-state index contributed by atoms with van der Waals surface area (Å²) in [6, 6.07) is 7.10. The third kappa shape index (κ3) is 3.00. The van der Waals surface area contributed by atoms with Crippen LogP contribution in [0.15, 0.2) is 34.1 Å². The van der Waals surface area contributed by atoms with Gasteiger partial charge < -0.3 is 14.5 Å². The van der Waals surface area contributed by atoms with Crippen LogP contribution in [0.1, 0.15) is 27.2 Å². The molecule has 4 nitrogen and oxygen atoms in total. The molecule has 2 heterocycles. The predicted octanol–water partition coefficient (Wildman–Crippen LogP) is 2.77. The zero-order chi connectivity index (χ0) is 13.0. The zero-order valence-corrected chi connectivity index (χ0v) is 11.1. The summed E-state index contributed by atoms with van der Waals surface area (Å²) in [5, 5.41) is 4.77. The molecule has 0 radical (unpaired) electrons. The van der Waals surface area contributed by atoms with Crippen molar-refractivity contribution in [2.75, 3.05) is 13.7 Å². The van der Waals surface area contributed by atoms with E-state index < -0.39 is 0 Å². The average molecular weight is 265 g/mol. The number of aryl methyl sites for hydroxylation is 1. The Kier molecular flexibility index (Phi) is 4.17. The first kappa shape index (κ1) is 12.9. The van der Waals surface area contributed by atoms with E-state index in [1.807, 2.05) is 30.5 Å². The fraction of sp³-hybridized carbons (Fsp3) is 0.308. The highest BCUT2D eigenvalue weighted by Crippen LogP contribution is 2.18. The van der Waals surface area contributed by atoms with Gasteiger partial charge in [-0.2, -0.15) is 0 Å². The van der Waals surface area contributed by atoms with E-state index in [1.54, 1.807) is 13.2 Å². The van der Waals surface area contributed by atoms with Gasteiger partial charge in [0.25, 0.3) is 5.91 Å². The molecule has 0 spiro atoms. The van der Waals surface area contributed by atoms with Gasteiger partial charge in [0.2, 0.25) is 0 Å². The van der Waals surface area contributed by atoms with Crippen molar-refractivity contribution in [3.63, 3.8) is 0 Å². The van der Waals surface area contributed by atoms with Crippen LogP contribution < -0.4 is 5.32 Å². The first-order valence-corrected chi connectivity index (χ1v) is 6.48. The van der Waals surface area contributed by atoms with Crippen LogP contribution in [0.4, 0.5) is 0 Å². The number of thiophene rings is 1. The number of ether oxygens (including phenoxy) is 1. The lowest BCUT2D eigenvalue weighted by atomic mass is 10.2. The summed E-state index contributed by atoms with van der Waals surface area (Å²) in [5.41, 5.74) is 0. The van der Waals surface area contributed by atoms with Crippen LogP contribution in [0.5, 0.6) is 0 Å². The molecule has 18 heavy (non-hydrogen) atoms. The summed E-state index contributed by atoms with van der Waals surface area (Å²) in [5.74, 6) is 1.41. The number of carbonyl (C=O) groups excluding carboxylic acids is 1. The van der Waals surface area contributed by atoms with Crippen molar-refractivity contribution in [3.05, 3.63) is 46.0 Å². The molecule has 0 saturated carbocycles. The molecular weight excluding hydrogens is 250 g/mol. The fourth-order valence-electron chi connectivity index (χ4n) is 1.64. The fourth-order valence-corrected chi connectivity index (χ4v) is 2.27. The van der Waals surface area contributed by atoms with E-state index in [0.29, 0.717) is 17.2 Å². The lowest BCUT2D eigenvalue weighted by Gasteiger charge is -2.15. The minimum Gasteiger partial charge on any atom is -0.464 e. The van der Waals surface area contributed by atoms with Crippen LogP contribution in [0.3, 0.4) is 0 Å². The quantitative estimate of drug-likeness (QED) is 0.904. The first-order valence-electron chi connectivity index (χ1n) is 5.60. The Labute approximate surface area is 110 Å². The minimum absolute atomic E-state index is 0.110. The topological polar surface area (TPSA) is 51.5 Å². The van der Waals surface area contributed by atoms with E-state index in [9.17, 15) is 4.79 Å². The molecule has 1 N–H and O–H groups in total. The van der Waals surface area contributed by atoms with Crippen molar-refractivity contribution in [1.82, 2.24) is 5.32 Å². The summed E-state index contributed by atoms with van der Waals surface area (Å²) in [6.45, 7) is 2.25. The third-order valence-electron chi connectivity index (χ3n) is 2.49. The van der Waals surface area contributed by atoms with Gasteiger partial charge in [-0.1, -0.05) is 6.07 Å². The molecule has 1 amide bonds. The molecule has 96 valence electrons. The molecule has 0 aromatic carbocycles. The summed E-state index contributed by atoms with van der Waals surface area (Å²) >= 11 is 1.41. The lowest BCUT2D eigenvalue weighted by molar-refractivity contribution is 0.0886. The molecule has 0 aliphatic carbocycles. The number of methoxy groups -OCH3 is 1. The summed E-state index contributed by atoms with van der Waals surface area (Å²) in [4.78, 5) is 12.7. The first-order chi connectivity index (χ1) is 8.70. The standard InChI is InChI=1S/C13H15NO3S/c1-9-5-6-11(17-9)10(8-16-2)14-13(15)12-4-3-7-18-12/h3-7,10H,8H2,1-2H3,(H,14,15)/t10-/m1/s1. The van der Waals surface area contributed by atoms with Gasteiger partial charge in [0, 0.05) is 7.11 Å². The average Bonchev–Trinajstić information content (AvgIpc) is 2.98. The molecule has 2 rings (SSSR count). The van der Waals surface area contributed by atoms with Crippen molar-refractivity contribution in [3.8, 4) is 0 Å². The summed E-state index contributed by atoms with van der Waals surface area (Å²) < 4.78 is 10.6. The van der Waals surface area contributed by atoms with Crippen molar-refractivity contribution < 1.29 is 13.9 Å². The number of hydrogen-bond acceptors (Lipinski definition) is 4. The summed E-state index contributed by atoms with van der Waals surface area (Å²) in [6.07, 6.45) is 0. The van der Waals surface area contributed by atoms with Crippen LogP contribution in [-0.2, 0) is 4.74 Å². The van der Waals surface area contributed by atoms with Gasteiger partial charge in [-0.05, 0) is 30.5 Å². The normalized spacial score (nSPS) is 12.3.